The van der Waals surface area contributed by atoms with Gasteiger partial charge < -0.3 is 14.6 Å². The fourth-order valence-corrected chi connectivity index (χ4v) is 5.10. The van der Waals surface area contributed by atoms with Crippen LogP contribution in [0.1, 0.15) is 77.6 Å². The van der Waals surface area contributed by atoms with Gasteiger partial charge in [0.15, 0.2) is 0 Å². The second-order valence-corrected chi connectivity index (χ2v) is 7.49. The lowest BCUT2D eigenvalue weighted by Gasteiger charge is -2.47. The monoisotopic (exact) mass is 296 g/mol. The SMILES string of the molecule is CCOC1(C(O)C2CCOC3(CCCCC3)C2)CCCC1. The summed E-state index contributed by atoms with van der Waals surface area (Å²) in [6.07, 6.45) is 12.5. The lowest BCUT2D eigenvalue weighted by Crippen LogP contribution is -2.52. The number of hydrogen-bond acceptors (Lipinski definition) is 3. The van der Waals surface area contributed by atoms with Crippen LogP contribution >= 0.6 is 0 Å². The van der Waals surface area contributed by atoms with Crippen molar-refractivity contribution in [2.75, 3.05) is 13.2 Å². The van der Waals surface area contributed by atoms with E-state index in [0.717, 1.165) is 32.3 Å². The minimum atomic E-state index is -0.303. The molecular formula is C18H32O3. The molecule has 0 aromatic rings. The molecule has 122 valence electrons. The fourth-order valence-electron chi connectivity index (χ4n) is 5.10. The lowest BCUT2D eigenvalue weighted by molar-refractivity contribution is -0.179. The van der Waals surface area contributed by atoms with E-state index < -0.39 is 0 Å². The normalized spacial score (nSPS) is 33.1. The van der Waals surface area contributed by atoms with Crippen LogP contribution in [0.25, 0.3) is 0 Å². The van der Waals surface area contributed by atoms with Crippen molar-refractivity contribution in [1.29, 1.82) is 0 Å². The second kappa shape index (κ2) is 6.55. The van der Waals surface area contributed by atoms with Crippen LogP contribution in [0, 0.1) is 5.92 Å². The molecule has 0 bridgehead atoms. The van der Waals surface area contributed by atoms with E-state index in [1.165, 1.54) is 44.9 Å². The zero-order chi connectivity index (χ0) is 14.8. The average molecular weight is 296 g/mol. The topological polar surface area (TPSA) is 38.7 Å². The number of aliphatic hydroxyl groups excluding tert-OH is 1. The molecule has 21 heavy (non-hydrogen) atoms. The van der Waals surface area contributed by atoms with Gasteiger partial charge in [-0.15, -0.1) is 0 Å². The molecule has 0 radical (unpaired) electrons. The van der Waals surface area contributed by atoms with E-state index >= 15 is 0 Å². The molecule has 1 aliphatic heterocycles. The van der Waals surface area contributed by atoms with Crippen molar-refractivity contribution in [3.05, 3.63) is 0 Å². The fraction of sp³-hybridized carbons (Fsp3) is 1.00. The Morgan fingerprint density at radius 2 is 1.76 bits per heavy atom. The molecule has 3 heteroatoms. The summed E-state index contributed by atoms with van der Waals surface area (Å²) in [5.74, 6) is 0.362. The Hall–Kier alpha value is -0.120. The van der Waals surface area contributed by atoms with Gasteiger partial charge in [-0.25, -0.2) is 0 Å². The van der Waals surface area contributed by atoms with E-state index in [-0.39, 0.29) is 17.3 Å². The second-order valence-electron chi connectivity index (χ2n) is 7.49. The van der Waals surface area contributed by atoms with Crippen LogP contribution in [0.15, 0.2) is 0 Å². The van der Waals surface area contributed by atoms with Crippen LogP contribution in [0.2, 0.25) is 0 Å². The third-order valence-corrected chi connectivity index (χ3v) is 6.16. The van der Waals surface area contributed by atoms with E-state index in [4.69, 9.17) is 9.47 Å². The third-order valence-electron chi connectivity index (χ3n) is 6.16. The first-order valence-corrected chi connectivity index (χ1v) is 9.16. The van der Waals surface area contributed by atoms with Gasteiger partial charge in [0.2, 0.25) is 0 Å². The molecule has 0 aromatic heterocycles. The Kier molecular flexibility index (Phi) is 4.92. The summed E-state index contributed by atoms with van der Waals surface area (Å²) in [6.45, 7) is 3.59. The molecule has 1 heterocycles. The average Bonchev–Trinajstić information content (AvgIpc) is 2.97. The number of hydrogen-bond donors (Lipinski definition) is 1. The molecule has 3 rings (SSSR count). The van der Waals surface area contributed by atoms with Gasteiger partial charge in [0, 0.05) is 13.2 Å². The minimum absolute atomic E-state index is 0.0775. The van der Waals surface area contributed by atoms with Crippen molar-refractivity contribution in [1.82, 2.24) is 0 Å². The van der Waals surface area contributed by atoms with Gasteiger partial charge in [0.1, 0.15) is 0 Å². The molecule has 1 saturated heterocycles. The summed E-state index contributed by atoms with van der Waals surface area (Å²) in [5, 5.41) is 11.1. The highest BCUT2D eigenvalue weighted by molar-refractivity contribution is 5.00. The first-order chi connectivity index (χ1) is 10.2. The largest absolute Gasteiger partial charge is 0.390 e. The number of ether oxygens (including phenoxy) is 2. The molecule has 2 atom stereocenters. The Bertz CT molecular complexity index is 324. The third kappa shape index (κ3) is 3.16. The minimum Gasteiger partial charge on any atom is -0.390 e. The van der Waals surface area contributed by atoms with E-state index in [1.807, 2.05) is 0 Å². The Balaban J connectivity index is 1.69. The highest BCUT2D eigenvalue weighted by Gasteiger charge is 2.48. The summed E-state index contributed by atoms with van der Waals surface area (Å²) in [5.41, 5.74) is -0.180. The lowest BCUT2D eigenvalue weighted by atomic mass is 9.71. The molecule has 0 aromatic carbocycles. The van der Waals surface area contributed by atoms with Gasteiger partial charge >= 0.3 is 0 Å². The molecular weight excluding hydrogens is 264 g/mol. The Morgan fingerprint density at radius 3 is 2.43 bits per heavy atom. The van der Waals surface area contributed by atoms with Gasteiger partial charge in [-0.3, -0.25) is 0 Å². The van der Waals surface area contributed by atoms with Gasteiger partial charge in [0.25, 0.3) is 0 Å². The molecule has 2 aliphatic carbocycles. The summed E-state index contributed by atoms with van der Waals surface area (Å²) < 4.78 is 12.3. The maximum absolute atomic E-state index is 11.1. The Labute approximate surface area is 129 Å². The summed E-state index contributed by atoms with van der Waals surface area (Å²) in [4.78, 5) is 0. The van der Waals surface area contributed by atoms with Crippen LogP contribution in [-0.2, 0) is 9.47 Å². The summed E-state index contributed by atoms with van der Waals surface area (Å²) in [7, 11) is 0. The first-order valence-electron chi connectivity index (χ1n) is 9.16. The van der Waals surface area contributed by atoms with Crippen molar-refractivity contribution in [2.24, 2.45) is 5.92 Å². The van der Waals surface area contributed by atoms with E-state index in [2.05, 4.69) is 6.92 Å². The molecule has 0 amide bonds. The molecule has 2 saturated carbocycles. The van der Waals surface area contributed by atoms with Gasteiger partial charge in [0.05, 0.1) is 17.3 Å². The van der Waals surface area contributed by atoms with Crippen molar-refractivity contribution < 1.29 is 14.6 Å². The van der Waals surface area contributed by atoms with E-state index in [9.17, 15) is 5.11 Å². The molecule has 1 N–H and O–H groups in total. The first kappa shape index (κ1) is 15.8. The summed E-state index contributed by atoms with van der Waals surface area (Å²) >= 11 is 0. The molecule has 2 unspecified atom stereocenters. The zero-order valence-corrected chi connectivity index (χ0v) is 13.6. The predicted molar refractivity (Wildman–Crippen MR) is 83.3 cm³/mol. The van der Waals surface area contributed by atoms with Crippen molar-refractivity contribution >= 4 is 0 Å². The van der Waals surface area contributed by atoms with Crippen LogP contribution in [0.5, 0.6) is 0 Å². The van der Waals surface area contributed by atoms with E-state index in [0.29, 0.717) is 12.5 Å². The standard InChI is InChI=1S/C18H32O3/c1-2-20-18(11-6-7-12-18)16(19)15-8-13-21-17(14-15)9-4-3-5-10-17/h15-16,19H,2-14H2,1H3. The van der Waals surface area contributed by atoms with Crippen LogP contribution in [0.3, 0.4) is 0 Å². The number of aliphatic hydroxyl groups is 1. The smallest absolute Gasteiger partial charge is 0.0942 e. The quantitative estimate of drug-likeness (QED) is 0.857. The van der Waals surface area contributed by atoms with Crippen molar-refractivity contribution in [3.8, 4) is 0 Å². The maximum Gasteiger partial charge on any atom is 0.0942 e. The summed E-state index contributed by atoms with van der Waals surface area (Å²) in [6, 6.07) is 0. The van der Waals surface area contributed by atoms with Crippen LogP contribution < -0.4 is 0 Å². The van der Waals surface area contributed by atoms with Crippen molar-refractivity contribution in [3.63, 3.8) is 0 Å². The van der Waals surface area contributed by atoms with Gasteiger partial charge in [-0.2, -0.15) is 0 Å². The van der Waals surface area contributed by atoms with Crippen LogP contribution in [0.4, 0.5) is 0 Å². The van der Waals surface area contributed by atoms with Gasteiger partial charge in [-0.05, 0) is 51.4 Å². The number of rotatable bonds is 4. The predicted octanol–water partition coefficient (Wildman–Crippen LogP) is 3.83. The van der Waals surface area contributed by atoms with Crippen molar-refractivity contribution in [2.45, 2.75) is 94.9 Å². The zero-order valence-electron chi connectivity index (χ0n) is 13.6. The van der Waals surface area contributed by atoms with E-state index in [1.54, 1.807) is 0 Å². The molecule has 3 fully saturated rings. The molecule has 1 spiro atoms. The highest BCUT2D eigenvalue weighted by atomic mass is 16.5. The van der Waals surface area contributed by atoms with Gasteiger partial charge in [-0.1, -0.05) is 32.1 Å². The van der Waals surface area contributed by atoms with Crippen LogP contribution in [-0.4, -0.2) is 35.6 Å². The Morgan fingerprint density at radius 1 is 1.10 bits per heavy atom. The molecule has 3 nitrogen and oxygen atoms in total. The highest BCUT2D eigenvalue weighted by Crippen LogP contribution is 2.46. The maximum atomic E-state index is 11.1. The molecule has 3 aliphatic rings.